The number of hydrogen-bond acceptors (Lipinski definition) is 5. The van der Waals surface area contributed by atoms with E-state index in [9.17, 15) is 0 Å². The predicted octanol–water partition coefficient (Wildman–Crippen LogP) is 5.01. The lowest BCUT2D eigenvalue weighted by Gasteiger charge is -2.18. The number of anilines is 1. The molecular formula is C24H20ClN5O. The van der Waals surface area contributed by atoms with Crippen LogP contribution >= 0.6 is 11.6 Å². The molecule has 7 heteroatoms. The molecule has 2 heterocycles. The number of hydrogen-bond donors (Lipinski definition) is 0. The molecule has 1 aliphatic rings. The number of rotatable bonds is 4. The minimum atomic E-state index is 0.514. The summed E-state index contributed by atoms with van der Waals surface area (Å²) in [6, 6.07) is 23.8. The van der Waals surface area contributed by atoms with Crippen molar-refractivity contribution in [3.63, 3.8) is 0 Å². The summed E-state index contributed by atoms with van der Waals surface area (Å²) < 4.78 is 7.44. The van der Waals surface area contributed by atoms with Crippen LogP contribution in [0.1, 0.15) is 22.5 Å². The molecule has 154 valence electrons. The highest BCUT2D eigenvalue weighted by molar-refractivity contribution is 6.30. The molecule has 0 atom stereocenters. The molecule has 3 aromatic carbocycles. The fourth-order valence-corrected chi connectivity index (χ4v) is 3.89. The molecule has 0 N–H and O–H groups in total. The van der Waals surface area contributed by atoms with E-state index in [1.807, 2.05) is 77.2 Å². The summed E-state index contributed by atoms with van der Waals surface area (Å²) in [5.41, 5.74) is 4.87. The van der Waals surface area contributed by atoms with Crippen LogP contribution in [0.4, 0.5) is 5.95 Å². The summed E-state index contributed by atoms with van der Waals surface area (Å²) in [6.45, 7) is 2.46. The first kappa shape index (κ1) is 19.3. The van der Waals surface area contributed by atoms with Gasteiger partial charge in [0.25, 0.3) is 5.95 Å². The Bertz CT molecular complexity index is 1280. The third-order valence-corrected chi connectivity index (χ3v) is 5.50. The lowest BCUT2D eigenvalue weighted by molar-refractivity contribution is 0.414. The molecule has 0 fully saturated rings. The van der Waals surface area contributed by atoms with Gasteiger partial charge in [-0.3, -0.25) is 4.57 Å². The van der Waals surface area contributed by atoms with Crippen molar-refractivity contribution in [1.82, 2.24) is 14.8 Å². The number of aryl methyl sites for hydroxylation is 1. The van der Waals surface area contributed by atoms with Crippen LogP contribution in [0, 0.1) is 6.92 Å². The van der Waals surface area contributed by atoms with Gasteiger partial charge < -0.3 is 4.74 Å². The van der Waals surface area contributed by atoms with Crippen LogP contribution in [0.15, 0.2) is 77.9 Å². The van der Waals surface area contributed by atoms with Gasteiger partial charge in [0.2, 0.25) is 0 Å². The van der Waals surface area contributed by atoms with Gasteiger partial charge in [-0.15, -0.1) is 10.2 Å². The van der Waals surface area contributed by atoms with E-state index in [1.165, 1.54) is 0 Å². The third kappa shape index (κ3) is 3.55. The Morgan fingerprint density at radius 3 is 2.55 bits per heavy atom. The highest BCUT2D eigenvalue weighted by Crippen LogP contribution is 2.31. The van der Waals surface area contributed by atoms with E-state index in [1.54, 1.807) is 7.11 Å². The number of methoxy groups -OCH3 is 1. The van der Waals surface area contributed by atoms with Crippen LogP contribution in [0.5, 0.6) is 5.75 Å². The SMILES string of the molecule is COc1cccc(CN2N=C(c3ccc(Cl)cc3)c3ccccc3-n3c(C)nnc32)c1. The van der Waals surface area contributed by atoms with E-state index in [0.717, 1.165) is 39.7 Å². The van der Waals surface area contributed by atoms with Crippen LogP contribution < -0.4 is 9.75 Å². The van der Waals surface area contributed by atoms with E-state index < -0.39 is 0 Å². The number of halogens is 1. The second kappa shape index (κ2) is 7.89. The van der Waals surface area contributed by atoms with Crippen molar-refractivity contribution in [3.05, 3.63) is 100 Å². The Balaban J connectivity index is 1.70. The average Bonchev–Trinajstić information content (AvgIpc) is 3.12. The maximum atomic E-state index is 6.14. The summed E-state index contributed by atoms with van der Waals surface area (Å²) >= 11 is 6.14. The van der Waals surface area contributed by atoms with Crippen LogP contribution in [0.3, 0.4) is 0 Å². The van der Waals surface area contributed by atoms with Gasteiger partial charge in [-0.1, -0.05) is 54.1 Å². The van der Waals surface area contributed by atoms with Gasteiger partial charge in [-0.25, -0.2) is 5.01 Å². The van der Waals surface area contributed by atoms with Gasteiger partial charge in [0.1, 0.15) is 17.3 Å². The van der Waals surface area contributed by atoms with Crippen LogP contribution in [0.2, 0.25) is 5.02 Å². The molecule has 5 rings (SSSR count). The smallest absolute Gasteiger partial charge is 0.252 e. The number of benzene rings is 3. The van der Waals surface area contributed by atoms with Crippen LogP contribution in [-0.2, 0) is 6.54 Å². The minimum absolute atomic E-state index is 0.514. The molecule has 0 radical (unpaired) electrons. The van der Waals surface area contributed by atoms with Crippen molar-refractivity contribution in [1.29, 1.82) is 0 Å². The molecule has 0 unspecified atom stereocenters. The molecular weight excluding hydrogens is 410 g/mol. The molecule has 0 bridgehead atoms. The molecule has 6 nitrogen and oxygen atoms in total. The zero-order valence-corrected chi connectivity index (χ0v) is 17.9. The Labute approximate surface area is 185 Å². The van der Waals surface area contributed by atoms with Crippen molar-refractivity contribution >= 4 is 23.3 Å². The van der Waals surface area contributed by atoms with Gasteiger partial charge in [-0.2, -0.15) is 5.10 Å². The van der Waals surface area contributed by atoms with Gasteiger partial charge in [0, 0.05) is 16.1 Å². The van der Waals surface area contributed by atoms with E-state index in [4.69, 9.17) is 21.4 Å². The summed E-state index contributed by atoms with van der Waals surface area (Å²) in [7, 11) is 1.67. The Morgan fingerprint density at radius 2 is 1.74 bits per heavy atom. The Hall–Kier alpha value is -3.64. The molecule has 1 aromatic heterocycles. The molecule has 4 aromatic rings. The lowest BCUT2D eigenvalue weighted by Crippen LogP contribution is -2.20. The molecule has 0 spiro atoms. The number of hydrazone groups is 1. The Morgan fingerprint density at radius 1 is 0.935 bits per heavy atom. The Kier molecular flexibility index (Phi) is 4.92. The highest BCUT2D eigenvalue weighted by atomic mass is 35.5. The second-order valence-electron chi connectivity index (χ2n) is 7.26. The summed E-state index contributed by atoms with van der Waals surface area (Å²) in [4.78, 5) is 0. The molecule has 0 aliphatic carbocycles. The molecule has 0 saturated heterocycles. The van der Waals surface area contributed by atoms with Crippen LogP contribution in [0.25, 0.3) is 5.69 Å². The van der Waals surface area contributed by atoms with Gasteiger partial charge in [0.05, 0.1) is 19.3 Å². The lowest BCUT2D eigenvalue weighted by atomic mass is 10.0. The van der Waals surface area contributed by atoms with E-state index in [2.05, 4.69) is 22.3 Å². The molecule has 0 saturated carbocycles. The maximum absolute atomic E-state index is 6.14. The topological polar surface area (TPSA) is 55.5 Å². The van der Waals surface area contributed by atoms with Crippen molar-refractivity contribution in [2.24, 2.45) is 5.10 Å². The first-order chi connectivity index (χ1) is 15.1. The van der Waals surface area contributed by atoms with Crippen molar-refractivity contribution < 1.29 is 4.74 Å². The second-order valence-corrected chi connectivity index (χ2v) is 7.70. The summed E-state index contributed by atoms with van der Waals surface area (Å²) in [6.07, 6.45) is 0. The minimum Gasteiger partial charge on any atom is -0.497 e. The quantitative estimate of drug-likeness (QED) is 0.457. The standard InChI is InChI=1S/C24H20ClN5O/c1-16-26-27-24-29(15-17-6-5-7-20(14-17)31-2)28-23(18-10-12-19(25)13-11-18)21-8-3-4-9-22(21)30(16)24/h3-14H,15H2,1-2H3. The van der Waals surface area contributed by atoms with E-state index >= 15 is 0 Å². The highest BCUT2D eigenvalue weighted by Gasteiger charge is 2.26. The van der Waals surface area contributed by atoms with Gasteiger partial charge in [0.15, 0.2) is 0 Å². The van der Waals surface area contributed by atoms with E-state index in [0.29, 0.717) is 17.5 Å². The van der Waals surface area contributed by atoms with E-state index in [-0.39, 0.29) is 0 Å². The first-order valence-electron chi connectivity index (χ1n) is 9.91. The maximum Gasteiger partial charge on any atom is 0.252 e. The van der Waals surface area contributed by atoms with Crippen molar-refractivity contribution in [2.75, 3.05) is 12.1 Å². The largest absolute Gasteiger partial charge is 0.497 e. The normalized spacial score (nSPS) is 12.6. The monoisotopic (exact) mass is 429 g/mol. The van der Waals surface area contributed by atoms with Crippen LogP contribution in [-0.4, -0.2) is 27.6 Å². The predicted molar refractivity (Wildman–Crippen MR) is 122 cm³/mol. The molecule has 1 aliphatic heterocycles. The fraction of sp³-hybridized carbons (Fsp3) is 0.125. The summed E-state index contributed by atoms with van der Waals surface area (Å²) in [5, 5.41) is 16.4. The fourth-order valence-electron chi connectivity index (χ4n) is 3.76. The number of nitrogens with zero attached hydrogens (tertiary/aromatic N) is 5. The van der Waals surface area contributed by atoms with Crippen molar-refractivity contribution in [2.45, 2.75) is 13.5 Å². The zero-order valence-electron chi connectivity index (χ0n) is 17.2. The van der Waals surface area contributed by atoms with Gasteiger partial charge >= 0.3 is 0 Å². The number of aromatic nitrogens is 3. The number of ether oxygens (including phenoxy) is 1. The van der Waals surface area contributed by atoms with Gasteiger partial charge in [-0.05, 0) is 42.8 Å². The number of fused-ring (bicyclic) bond motifs is 3. The zero-order chi connectivity index (χ0) is 21.4. The molecule has 0 amide bonds. The van der Waals surface area contributed by atoms with Crippen molar-refractivity contribution in [3.8, 4) is 11.4 Å². The average molecular weight is 430 g/mol. The number of para-hydroxylation sites is 1. The molecule has 31 heavy (non-hydrogen) atoms. The summed E-state index contributed by atoms with van der Waals surface area (Å²) in [5.74, 6) is 2.26. The third-order valence-electron chi connectivity index (χ3n) is 5.24. The first-order valence-corrected chi connectivity index (χ1v) is 10.3.